The van der Waals surface area contributed by atoms with E-state index in [4.69, 9.17) is 0 Å². The van der Waals surface area contributed by atoms with Crippen molar-refractivity contribution in [3.63, 3.8) is 0 Å². The fourth-order valence-electron chi connectivity index (χ4n) is 3.87. The molecule has 3 heterocycles. The minimum Gasteiger partial charge on any atom is -0.406 e. The van der Waals surface area contributed by atoms with E-state index in [0.29, 0.717) is 17.2 Å². The van der Waals surface area contributed by atoms with Gasteiger partial charge in [-0.15, -0.1) is 13.2 Å². The molecule has 3 aromatic rings. The second kappa shape index (κ2) is 9.48. The summed E-state index contributed by atoms with van der Waals surface area (Å²) in [6.07, 6.45) is 2.36. The molecule has 1 aliphatic heterocycles. The highest BCUT2D eigenvalue weighted by atomic mass is 19.4. The van der Waals surface area contributed by atoms with E-state index in [1.54, 1.807) is 18.5 Å². The molecule has 0 bridgehead atoms. The van der Waals surface area contributed by atoms with E-state index < -0.39 is 12.3 Å². The second-order valence-electron chi connectivity index (χ2n) is 7.87. The molecule has 172 valence electrons. The van der Waals surface area contributed by atoms with Crippen molar-refractivity contribution in [2.45, 2.75) is 26.1 Å². The molecule has 2 aromatic heterocycles. The Morgan fingerprint density at radius 2 is 2.00 bits per heavy atom. The van der Waals surface area contributed by atoms with Crippen LogP contribution >= 0.6 is 0 Å². The van der Waals surface area contributed by atoms with Gasteiger partial charge in [0.05, 0.1) is 5.56 Å². The molecule has 1 fully saturated rings. The highest BCUT2D eigenvalue weighted by Crippen LogP contribution is 2.33. The van der Waals surface area contributed by atoms with E-state index in [2.05, 4.69) is 31.8 Å². The summed E-state index contributed by atoms with van der Waals surface area (Å²) < 4.78 is 40.8. The summed E-state index contributed by atoms with van der Waals surface area (Å²) in [5, 5.41) is 2.69. The zero-order valence-corrected chi connectivity index (χ0v) is 18.0. The number of amides is 1. The van der Waals surface area contributed by atoms with Gasteiger partial charge in [0.15, 0.2) is 0 Å². The zero-order chi connectivity index (χ0) is 23.4. The van der Waals surface area contributed by atoms with Crippen LogP contribution in [0.15, 0.2) is 61.1 Å². The van der Waals surface area contributed by atoms with Crippen molar-refractivity contribution in [3.8, 4) is 16.9 Å². The molecule has 0 saturated carbocycles. The van der Waals surface area contributed by atoms with Gasteiger partial charge in [-0.25, -0.2) is 4.98 Å². The molecule has 1 atom stereocenters. The lowest BCUT2D eigenvalue weighted by molar-refractivity contribution is -0.274. The number of alkyl halides is 3. The van der Waals surface area contributed by atoms with Crippen LogP contribution in [0, 0.1) is 5.92 Å². The average molecular weight is 456 g/mol. The molecular formula is C24H23F3N4O2. The number of nitrogens with one attached hydrogen (secondary N) is 1. The molecular weight excluding hydrogens is 433 g/mol. The summed E-state index contributed by atoms with van der Waals surface area (Å²) in [5.41, 5.74) is 2.33. The van der Waals surface area contributed by atoms with E-state index in [9.17, 15) is 18.0 Å². The number of aromatic nitrogens is 2. The fraction of sp³-hybridized carbons (Fsp3) is 0.292. The van der Waals surface area contributed by atoms with Gasteiger partial charge in [-0.1, -0.05) is 19.4 Å². The molecule has 1 aliphatic rings. The first-order chi connectivity index (χ1) is 15.8. The number of ether oxygens (including phenoxy) is 1. The van der Waals surface area contributed by atoms with Gasteiger partial charge >= 0.3 is 6.36 Å². The molecule has 0 unspecified atom stereocenters. The Morgan fingerprint density at radius 3 is 2.64 bits per heavy atom. The standard InChI is InChI=1S/C24H23F3N4O2/c1-2-16-9-11-31(15-16)22-21(17-4-3-10-28-13-17)12-18(14-29-22)23(32)30-19-5-7-20(8-6-19)33-24(25,26)27/h3-8,10,12-14,16H,2,9,11,15H2,1H3,(H,30,32)/t16-/m0/s1. The first-order valence-electron chi connectivity index (χ1n) is 10.6. The lowest BCUT2D eigenvalue weighted by atomic mass is 10.1. The number of pyridine rings is 2. The Morgan fingerprint density at radius 1 is 1.21 bits per heavy atom. The van der Waals surface area contributed by atoms with Gasteiger partial charge in [-0.2, -0.15) is 0 Å². The van der Waals surface area contributed by atoms with E-state index >= 15 is 0 Å². The summed E-state index contributed by atoms with van der Waals surface area (Å²) in [6, 6.07) is 10.5. The molecule has 1 N–H and O–H groups in total. The van der Waals surface area contributed by atoms with Crippen molar-refractivity contribution in [1.29, 1.82) is 0 Å². The number of rotatable bonds is 6. The van der Waals surface area contributed by atoms with Gasteiger partial charge in [-0.05, 0) is 48.7 Å². The van der Waals surface area contributed by atoms with Gasteiger partial charge in [0, 0.05) is 48.5 Å². The van der Waals surface area contributed by atoms with Crippen LogP contribution in [0.3, 0.4) is 0 Å². The van der Waals surface area contributed by atoms with E-state index in [0.717, 1.165) is 55.0 Å². The lowest BCUT2D eigenvalue weighted by Gasteiger charge is -2.21. The first kappa shape index (κ1) is 22.6. The van der Waals surface area contributed by atoms with Crippen LogP contribution in [0.2, 0.25) is 0 Å². The summed E-state index contributed by atoms with van der Waals surface area (Å²) in [7, 11) is 0. The van der Waals surface area contributed by atoms with Crippen molar-refractivity contribution >= 4 is 17.4 Å². The zero-order valence-electron chi connectivity index (χ0n) is 18.0. The SMILES string of the molecule is CC[C@H]1CCN(c2ncc(C(=O)Nc3ccc(OC(F)(F)F)cc3)cc2-c2cccnc2)C1. The predicted molar refractivity (Wildman–Crippen MR) is 119 cm³/mol. The summed E-state index contributed by atoms with van der Waals surface area (Å²) in [5.74, 6) is 0.642. The van der Waals surface area contributed by atoms with E-state index in [-0.39, 0.29) is 5.75 Å². The van der Waals surface area contributed by atoms with Crippen molar-refractivity contribution in [2.24, 2.45) is 5.92 Å². The van der Waals surface area contributed by atoms with Crippen molar-refractivity contribution in [2.75, 3.05) is 23.3 Å². The third-order valence-corrected chi connectivity index (χ3v) is 5.61. The van der Waals surface area contributed by atoms with Crippen LogP contribution in [-0.2, 0) is 0 Å². The van der Waals surface area contributed by atoms with Crippen LogP contribution in [0.4, 0.5) is 24.7 Å². The Balaban J connectivity index is 1.57. The smallest absolute Gasteiger partial charge is 0.406 e. The maximum atomic E-state index is 12.9. The number of nitrogens with zero attached hydrogens (tertiary/aromatic N) is 3. The normalized spacial score (nSPS) is 16.0. The number of benzene rings is 1. The first-order valence-corrected chi connectivity index (χ1v) is 10.6. The van der Waals surface area contributed by atoms with Crippen LogP contribution in [0.25, 0.3) is 11.1 Å². The Hall–Kier alpha value is -3.62. The molecule has 0 radical (unpaired) electrons. The molecule has 6 nitrogen and oxygen atoms in total. The van der Waals surface area contributed by atoms with Gasteiger partial charge in [0.2, 0.25) is 0 Å². The fourth-order valence-corrected chi connectivity index (χ4v) is 3.87. The Labute approximate surface area is 189 Å². The number of hydrogen-bond acceptors (Lipinski definition) is 5. The maximum absolute atomic E-state index is 12.9. The highest BCUT2D eigenvalue weighted by molar-refractivity contribution is 6.05. The molecule has 33 heavy (non-hydrogen) atoms. The van der Waals surface area contributed by atoms with Crippen LogP contribution in [0.5, 0.6) is 5.75 Å². The molecule has 1 amide bonds. The minimum atomic E-state index is -4.77. The topological polar surface area (TPSA) is 67.4 Å². The van der Waals surface area contributed by atoms with Crippen molar-refractivity contribution in [3.05, 3.63) is 66.6 Å². The monoisotopic (exact) mass is 456 g/mol. The second-order valence-corrected chi connectivity index (χ2v) is 7.87. The van der Waals surface area contributed by atoms with Crippen LogP contribution < -0.4 is 15.0 Å². The molecule has 4 rings (SSSR count). The van der Waals surface area contributed by atoms with Gasteiger partial charge < -0.3 is 15.0 Å². The Bertz CT molecular complexity index is 1100. The molecule has 9 heteroatoms. The average Bonchev–Trinajstić information content (AvgIpc) is 3.29. The summed E-state index contributed by atoms with van der Waals surface area (Å²) in [4.78, 5) is 23.9. The number of hydrogen-bond donors (Lipinski definition) is 1. The largest absolute Gasteiger partial charge is 0.573 e. The van der Waals surface area contributed by atoms with Crippen LogP contribution in [0.1, 0.15) is 30.1 Å². The number of anilines is 2. The summed E-state index contributed by atoms with van der Waals surface area (Å²) in [6.45, 7) is 3.99. The van der Waals surface area contributed by atoms with Crippen molar-refractivity contribution in [1.82, 2.24) is 9.97 Å². The van der Waals surface area contributed by atoms with E-state index in [1.165, 1.54) is 18.3 Å². The Kier molecular flexibility index (Phi) is 6.48. The number of carbonyl (C=O) groups excluding carboxylic acids is 1. The minimum absolute atomic E-state index is 0.333. The molecule has 0 spiro atoms. The lowest BCUT2D eigenvalue weighted by Crippen LogP contribution is -2.22. The molecule has 1 saturated heterocycles. The number of carbonyl (C=O) groups is 1. The van der Waals surface area contributed by atoms with Gasteiger partial charge in [-0.3, -0.25) is 9.78 Å². The quantitative estimate of drug-likeness (QED) is 0.528. The third-order valence-electron chi connectivity index (χ3n) is 5.61. The third kappa shape index (κ3) is 5.60. The summed E-state index contributed by atoms with van der Waals surface area (Å²) >= 11 is 0. The van der Waals surface area contributed by atoms with Gasteiger partial charge in [0.25, 0.3) is 5.91 Å². The highest BCUT2D eigenvalue weighted by Gasteiger charge is 2.31. The number of halogens is 3. The van der Waals surface area contributed by atoms with Crippen molar-refractivity contribution < 1.29 is 22.7 Å². The molecule has 1 aromatic carbocycles. The van der Waals surface area contributed by atoms with Gasteiger partial charge in [0.1, 0.15) is 11.6 Å². The predicted octanol–water partition coefficient (Wildman–Crippen LogP) is 5.53. The molecule has 0 aliphatic carbocycles. The van der Waals surface area contributed by atoms with Crippen LogP contribution in [-0.4, -0.2) is 35.3 Å². The maximum Gasteiger partial charge on any atom is 0.573 e. The van der Waals surface area contributed by atoms with E-state index in [1.807, 2.05) is 12.1 Å².